The maximum Gasteiger partial charge on any atom is 0.238 e. The number of carbonyl (C=O) groups excluding carboxylic acids is 3. The molecule has 6 rings (SSSR count). The lowest BCUT2D eigenvalue weighted by Gasteiger charge is -2.36. The fraction of sp³-hybridized carbons (Fsp3) is 0.258. The average molecular weight is 477 g/mol. The molecule has 3 aromatic rings. The normalized spacial score (nSPS) is 25.3. The van der Waals surface area contributed by atoms with E-state index < -0.39 is 23.4 Å². The van der Waals surface area contributed by atoms with Crippen molar-refractivity contribution in [2.45, 2.75) is 44.2 Å². The number of ketones is 2. The summed E-state index contributed by atoms with van der Waals surface area (Å²) in [5.74, 6) is -1.31. The predicted molar refractivity (Wildman–Crippen MR) is 141 cm³/mol. The monoisotopic (exact) mass is 476 g/mol. The number of nitrogens with zero attached hydrogens (tertiary/aromatic N) is 1. The molecule has 1 saturated heterocycles. The lowest BCUT2D eigenvalue weighted by atomic mass is 9.64. The standard InChI is InChI=1S/C31H28N2O3/c1-3-8-20-13-15-22(16-14-20)28(35)27-26-18-17-21-9-4-7-12-25(21)33(26)29(19(2)34)31(27)23-10-5-6-11-24(23)32-30(31)36/h4-7,9-18,26-27,29H,3,8H2,1-2H3,(H,32,36)/t26?,27-,29+,31+/m1/s1. The summed E-state index contributed by atoms with van der Waals surface area (Å²) in [6.45, 7) is 3.66. The van der Waals surface area contributed by atoms with Crippen LogP contribution >= 0.6 is 0 Å². The Hall–Kier alpha value is -3.99. The molecule has 0 aromatic heterocycles. The van der Waals surface area contributed by atoms with Crippen LogP contribution in [-0.4, -0.2) is 29.6 Å². The van der Waals surface area contributed by atoms with Crippen LogP contribution in [0.25, 0.3) is 6.08 Å². The number of nitrogens with one attached hydrogen (secondary N) is 1. The van der Waals surface area contributed by atoms with E-state index in [0.717, 1.165) is 29.7 Å². The van der Waals surface area contributed by atoms with Crippen LogP contribution in [0.1, 0.15) is 47.3 Å². The fourth-order valence-corrected chi connectivity index (χ4v) is 6.62. The third kappa shape index (κ3) is 2.98. The van der Waals surface area contributed by atoms with Crippen molar-refractivity contribution < 1.29 is 14.4 Å². The van der Waals surface area contributed by atoms with Crippen molar-refractivity contribution in [3.8, 4) is 0 Å². The Bertz CT molecular complexity index is 1420. The van der Waals surface area contributed by atoms with Gasteiger partial charge in [-0.15, -0.1) is 0 Å². The zero-order chi connectivity index (χ0) is 25.0. The fourth-order valence-electron chi connectivity index (χ4n) is 6.62. The predicted octanol–water partition coefficient (Wildman–Crippen LogP) is 5.20. The molecule has 1 N–H and O–H groups in total. The maximum absolute atomic E-state index is 14.4. The minimum atomic E-state index is -1.34. The molecular formula is C31H28N2O3. The number of hydrogen-bond donors (Lipinski definition) is 1. The van der Waals surface area contributed by atoms with E-state index in [-0.39, 0.29) is 17.5 Å². The number of para-hydroxylation sites is 2. The summed E-state index contributed by atoms with van der Waals surface area (Å²) in [6, 6.07) is 21.8. The highest BCUT2D eigenvalue weighted by molar-refractivity contribution is 6.17. The smallest absolute Gasteiger partial charge is 0.238 e. The van der Waals surface area contributed by atoms with E-state index in [2.05, 4.69) is 12.2 Å². The number of aryl methyl sites for hydroxylation is 1. The van der Waals surface area contributed by atoms with Crippen LogP contribution in [0.3, 0.4) is 0 Å². The van der Waals surface area contributed by atoms with E-state index in [1.807, 2.05) is 89.8 Å². The van der Waals surface area contributed by atoms with Crippen molar-refractivity contribution in [3.05, 3.63) is 101 Å². The van der Waals surface area contributed by atoms with Crippen LogP contribution < -0.4 is 10.2 Å². The molecule has 4 atom stereocenters. The number of fused-ring (bicyclic) bond motifs is 5. The van der Waals surface area contributed by atoms with E-state index >= 15 is 0 Å². The molecule has 180 valence electrons. The Morgan fingerprint density at radius 2 is 1.69 bits per heavy atom. The SMILES string of the molecule is CCCc1ccc(C(=O)[C@H]2C3C=Cc4ccccc4N3[C@@H](C(C)=O)[C@@]23C(=O)Nc2ccccc23)cc1. The second-order valence-corrected chi connectivity index (χ2v) is 9.99. The number of Topliss-reactive ketones (excluding diaryl/α,β-unsaturated/α-hetero) is 2. The Labute approximate surface area is 210 Å². The van der Waals surface area contributed by atoms with Gasteiger partial charge in [-0.3, -0.25) is 14.4 Å². The van der Waals surface area contributed by atoms with Crippen LogP contribution in [0.5, 0.6) is 0 Å². The molecule has 36 heavy (non-hydrogen) atoms. The molecule has 1 fully saturated rings. The van der Waals surface area contributed by atoms with E-state index in [4.69, 9.17) is 0 Å². The van der Waals surface area contributed by atoms with Gasteiger partial charge in [0.2, 0.25) is 5.91 Å². The van der Waals surface area contributed by atoms with Gasteiger partial charge in [0.05, 0.1) is 12.0 Å². The quantitative estimate of drug-likeness (QED) is 0.514. The summed E-state index contributed by atoms with van der Waals surface area (Å²) in [7, 11) is 0. The molecule has 5 nitrogen and oxygen atoms in total. The molecule has 0 radical (unpaired) electrons. The number of benzene rings is 3. The van der Waals surface area contributed by atoms with Gasteiger partial charge in [-0.1, -0.05) is 86.2 Å². The Morgan fingerprint density at radius 3 is 2.44 bits per heavy atom. The van der Waals surface area contributed by atoms with Gasteiger partial charge < -0.3 is 10.2 Å². The largest absolute Gasteiger partial charge is 0.352 e. The van der Waals surface area contributed by atoms with E-state index in [1.54, 1.807) is 0 Å². The molecule has 3 heterocycles. The first kappa shape index (κ1) is 22.5. The first-order valence-electron chi connectivity index (χ1n) is 12.6. The van der Waals surface area contributed by atoms with Crippen LogP contribution in [0, 0.1) is 5.92 Å². The second kappa shape index (κ2) is 8.30. The van der Waals surface area contributed by atoms with Gasteiger partial charge in [-0.25, -0.2) is 0 Å². The van der Waals surface area contributed by atoms with Crippen LogP contribution in [0.15, 0.2) is 78.9 Å². The van der Waals surface area contributed by atoms with Crippen molar-refractivity contribution in [2.75, 3.05) is 10.2 Å². The summed E-state index contributed by atoms with van der Waals surface area (Å²) in [4.78, 5) is 44.0. The van der Waals surface area contributed by atoms with Gasteiger partial charge in [0.25, 0.3) is 0 Å². The van der Waals surface area contributed by atoms with Crippen LogP contribution in [0.4, 0.5) is 11.4 Å². The van der Waals surface area contributed by atoms with Crippen LogP contribution in [0.2, 0.25) is 0 Å². The third-order valence-electron chi connectivity index (χ3n) is 7.99. The Morgan fingerprint density at radius 1 is 0.972 bits per heavy atom. The molecule has 0 saturated carbocycles. The minimum absolute atomic E-state index is 0.118. The number of hydrogen-bond acceptors (Lipinski definition) is 4. The summed E-state index contributed by atoms with van der Waals surface area (Å²) in [5, 5.41) is 3.02. The van der Waals surface area contributed by atoms with Gasteiger partial charge in [0.15, 0.2) is 11.6 Å². The highest BCUT2D eigenvalue weighted by Crippen LogP contribution is 2.57. The number of anilines is 2. The molecular weight excluding hydrogens is 448 g/mol. The summed E-state index contributed by atoms with van der Waals surface area (Å²) in [5.41, 5.74) is 3.63. The molecule has 3 aromatic carbocycles. The molecule has 3 aliphatic rings. The zero-order valence-corrected chi connectivity index (χ0v) is 20.4. The summed E-state index contributed by atoms with van der Waals surface area (Å²) < 4.78 is 0. The zero-order valence-electron chi connectivity index (χ0n) is 20.4. The van der Waals surface area contributed by atoms with Crippen molar-refractivity contribution in [1.29, 1.82) is 0 Å². The van der Waals surface area contributed by atoms with Gasteiger partial charge in [0.1, 0.15) is 11.5 Å². The molecule has 3 aliphatic heterocycles. The molecule has 0 aliphatic carbocycles. The minimum Gasteiger partial charge on any atom is -0.352 e. The van der Waals surface area contributed by atoms with E-state index in [9.17, 15) is 14.4 Å². The van der Waals surface area contributed by atoms with Crippen molar-refractivity contribution in [3.63, 3.8) is 0 Å². The van der Waals surface area contributed by atoms with E-state index in [1.165, 1.54) is 12.5 Å². The average Bonchev–Trinajstić information content (AvgIpc) is 3.37. The number of rotatable bonds is 5. The third-order valence-corrected chi connectivity index (χ3v) is 7.99. The van der Waals surface area contributed by atoms with Crippen molar-refractivity contribution in [1.82, 2.24) is 0 Å². The number of amides is 1. The molecule has 1 amide bonds. The number of carbonyl (C=O) groups is 3. The van der Waals surface area contributed by atoms with Gasteiger partial charge in [-0.05, 0) is 42.2 Å². The second-order valence-electron chi connectivity index (χ2n) is 9.99. The topological polar surface area (TPSA) is 66.5 Å². The van der Waals surface area contributed by atoms with Gasteiger partial charge in [-0.2, -0.15) is 0 Å². The Kier molecular flexibility index (Phi) is 5.18. The lowest BCUT2D eigenvalue weighted by Crippen LogP contribution is -2.54. The Balaban J connectivity index is 1.60. The molecule has 0 bridgehead atoms. The van der Waals surface area contributed by atoms with E-state index in [0.29, 0.717) is 11.3 Å². The molecule has 1 spiro atoms. The molecule has 5 heteroatoms. The van der Waals surface area contributed by atoms with Crippen molar-refractivity contribution in [2.24, 2.45) is 5.92 Å². The van der Waals surface area contributed by atoms with Gasteiger partial charge >= 0.3 is 0 Å². The highest BCUT2D eigenvalue weighted by Gasteiger charge is 2.70. The highest BCUT2D eigenvalue weighted by atomic mass is 16.2. The first-order chi connectivity index (χ1) is 17.5. The first-order valence-corrected chi connectivity index (χ1v) is 12.6. The summed E-state index contributed by atoms with van der Waals surface area (Å²) in [6.07, 6.45) is 5.98. The van der Waals surface area contributed by atoms with Crippen molar-refractivity contribution >= 4 is 34.9 Å². The lowest BCUT2D eigenvalue weighted by molar-refractivity contribution is -0.127. The van der Waals surface area contributed by atoms with Crippen LogP contribution in [-0.2, 0) is 21.4 Å². The summed E-state index contributed by atoms with van der Waals surface area (Å²) >= 11 is 0. The van der Waals surface area contributed by atoms with Gasteiger partial charge in [0, 0.05) is 16.9 Å². The maximum atomic E-state index is 14.4. The molecule has 1 unspecified atom stereocenters.